The van der Waals surface area contributed by atoms with Crippen molar-refractivity contribution in [3.63, 3.8) is 0 Å². The Kier molecular flexibility index (Phi) is 7.47. The first kappa shape index (κ1) is 30.6. The Labute approximate surface area is 274 Å². The minimum Gasteiger partial charge on any atom is -0.381 e. The predicted molar refractivity (Wildman–Crippen MR) is 173 cm³/mol. The molecule has 2 aromatic rings. The largest absolute Gasteiger partial charge is 0.381 e. The number of carbonyl (C=O) groups is 2. The maximum atomic E-state index is 13.9. The number of nitrogens with zero attached hydrogens (tertiary/aromatic N) is 4. The average Bonchev–Trinajstić information content (AvgIpc) is 3.36. The van der Waals surface area contributed by atoms with Crippen molar-refractivity contribution in [1.29, 1.82) is 0 Å². The number of nitro groups is 1. The van der Waals surface area contributed by atoms with Crippen molar-refractivity contribution in [2.45, 2.75) is 68.3 Å². The van der Waals surface area contributed by atoms with E-state index in [1.54, 1.807) is 12.1 Å². The first-order chi connectivity index (χ1) is 22.6. The second-order valence-corrected chi connectivity index (χ2v) is 16.5. The number of nitrogens with one attached hydrogen (secondary N) is 1. The van der Waals surface area contributed by atoms with E-state index in [0.717, 1.165) is 67.3 Å². The molecule has 1 N–H and O–H groups in total. The molecule has 7 fully saturated rings. The minimum absolute atomic E-state index is 0.125. The van der Waals surface area contributed by atoms with Gasteiger partial charge in [-0.05, 0) is 112 Å². The zero-order chi connectivity index (χ0) is 32.5. The van der Waals surface area contributed by atoms with Gasteiger partial charge in [-0.1, -0.05) is 11.1 Å². The van der Waals surface area contributed by atoms with Crippen molar-refractivity contribution < 1.29 is 27.8 Å². The molecule has 4 aliphatic carbocycles. The lowest BCUT2D eigenvalue weighted by atomic mass is 9.49. The van der Waals surface area contributed by atoms with Gasteiger partial charge in [-0.15, -0.1) is 0 Å². The van der Waals surface area contributed by atoms with Crippen LogP contribution in [0.2, 0.25) is 0 Å². The molecule has 2 atom stereocenters. The summed E-state index contributed by atoms with van der Waals surface area (Å²) >= 11 is 0. The van der Waals surface area contributed by atoms with Gasteiger partial charge in [-0.3, -0.25) is 9.59 Å². The lowest BCUT2D eigenvalue weighted by Crippen LogP contribution is -2.56. The third-order valence-corrected chi connectivity index (χ3v) is 13.1. The molecule has 12 nitrogen and oxygen atoms in total. The molecule has 0 aromatic heterocycles. The van der Waals surface area contributed by atoms with E-state index in [1.165, 1.54) is 43.5 Å². The molecule has 47 heavy (non-hydrogen) atoms. The zero-order valence-electron chi connectivity index (χ0n) is 26.3. The minimum atomic E-state index is -4.30. The van der Waals surface area contributed by atoms with Crippen LogP contribution in [0.3, 0.4) is 0 Å². The van der Waals surface area contributed by atoms with E-state index in [1.807, 2.05) is 12.1 Å². The van der Waals surface area contributed by atoms with Crippen LogP contribution >= 0.6 is 0 Å². The van der Waals surface area contributed by atoms with Gasteiger partial charge < -0.3 is 14.5 Å². The molecule has 0 radical (unpaired) electrons. The van der Waals surface area contributed by atoms with Crippen molar-refractivity contribution in [2.75, 3.05) is 42.8 Å². The highest BCUT2D eigenvalue weighted by Crippen LogP contribution is 2.61. The fourth-order valence-corrected chi connectivity index (χ4v) is 11.0. The molecule has 0 spiro atoms. The first-order valence-corrected chi connectivity index (χ1v) is 18.4. The Bertz CT molecular complexity index is 1660. The van der Waals surface area contributed by atoms with Gasteiger partial charge in [0.1, 0.15) is 5.69 Å². The number of benzene rings is 2. The number of likely N-dealkylation sites (tertiary alicyclic amines) is 1. The fraction of sp³-hybridized carbons (Fsp3) is 0.588. The van der Waals surface area contributed by atoms with E-state index >= 15 is 0 Å². The Morgan fingerprint density at radius 2 is 1.60 bits per heavy atom. The first-order valence-electron chi connectivity index (χ1n) is 16.9. The monoisotopic (exact) mass is 663 g/mol. The highest BCUT2D eigenvalue weighted by Gasteiger charge is 2.57. The number of carbonyl (C=O) groups excluding carboxylic acids is 2. The molecular formula is C34H41N5O7S. The van der Waals surface area contributed by atoms with Gasteiger partial charge in [0.05, 0.1) is 22.4 Å². The number of amides is 2. The van der Waals surface area contributed by atoms with Gasteiger partial charge in [0.25, 0.3) is 15.9 Å². The third kappa shape index (κ3) is 5.44. The van der Waals surface area contributed by atoms with Crippen LogP contribution in [0, 0.1) is 39.2 Å². The predicted octanol–water partition coefficient (Wildman–Crippen LogP) is 3.85. The molecule has 250 valence electrons. The Morgan fingerprint density at radius 1 is 0.936 bits per heavy atom. The summed E-state index contributed by atoms with van der Waals surface area (Å²) in [7, 11) is -4.30. The molecule has 2 aromatic carbocycles. The van der Waals surface area contributed by atoms with Crippen LogP contribution in [0.5, 0.6) is 0 Å². The van der Waals surface area contributed by atoms with E-state index in [0.29, 0.717) is 37.9 Å². The molecule has 3 aliphatic heterocycles. The summed E-state index contributed by atoms with van der Waals surface area (Å²) < 4.78 is 33.8. The van der Waals surface area contributed by atoms with Crippen LogP contribution < -0.4 is 14.6 Å². The van der Waals surface area contributed by atoms with E-state index in [9.17, 15) is 28.1 Å². The van der Waals surface area contributed by atoms with E-state index < -0.39 is 27.0 Å². The van der Waals surface area contributed by atoms with Gasteiger partial charge in [0, 0.05) is 50.0 Å². The molecule has 13 heteroatoms. The summed E-state index contributed by atoms with van der Waals surface area (Å²) in [5, 5.41) is 12.3. The molecule has 4 bridgehead atoms. The van der Waals surface area contributed by atoms with Crippen molar-refractivity contribution in [1.82, 2.24) is 9.62 Å². The van der Waals surface area contributed by atoms with Gasteiger partial charge in [0.15, 0.2) is 5.03 Å². The number of hydrogen-bond acceptors (Lipinski definition) is 8. The highest BCUT2D eigenvalue weighted by molar-refractivity contribution is 7.90. The van der Waals surface area contributed by atoms with Gasteiger partial charge in [0.2, 0.25) is 5.91 Å². The van der Waals surface area contributed by atoms with Crippen LogP contribution in [0.4, 0.5) is 11.4 Å². The van der Waals surface area contributed by atoms with Crippen molar-refractivity contribution in [3.05, 3.63) is 64.2 Å². The Hall–Kier alpha value is -3.71. The smallest absolute Gasteiger partial charge is 0.264 e. The van der Waals surface area contributed by atoms with Crippen molar-refractivity contribution >= 4 is 33.2 Å². The van der Waals surface area contributed by atoms with Crippen LogP contribution in [-0.2, 0) is 19.6 Å². The maximum absolute atomic E-state index is 13.9. The quantitative estimate of drug-likeness (QED) is 0.329. The zero-order valence-corrected chi connectivity index (χ0v) is 27.1. The highest BCUT2D eigenvalue weighted by atomic mass is 32.2. The van der Waals surface area contributed by atoms with Crippen molar-refractivity contribution in [2.24, 2.45) is 29.1 Å². The summed E-state index contributed by atoms with van der Waals surface area (Å²) in [5.41, 5.74) is 1.12. The molecule has 4 saturated carbocycles. The van der Waals surface area contributed by atoms with Crippen LogP contribution in [-0.4, -0.2) is 75.1 Å². The number of hydrazine groups is 1. The van der Waals surface area contributed by atoms with Crippen LogP contribution in [0.25, 0.3) is 0 Å². The average molecular weight is 664 g/mol. The standard InChI is InChI=1S/C34H41N5O7S/c40-32(35-47(44,45)30-3-1-2-29(15-30)38(39(42)43)28-8-10-46-11-9-28)25-4-6-27(7-5-25)37-20-26-19-36(21-31(26)37)33(41)34-16-22-12-23(17-34)14-24(13-22)18-34/h1-7,15,22-24,26,28,31H,8-14,16-21H2,(H,35,40)/t22?,23?,24?,26-,31-,34?/m1/s1. The van der Waals surface area contributed by atoms with Gasteiger partial charge in [-0.25, -0.2) is 23.3 Å². The van der Waals surface area contributed by atoms with Gasteiger partial charge in [-0.2, -0.15) is 0 Å². The number of sulfonamides is 1. The Balaban J connectivity index is 0.906. The third-order valence-electron chi connectivity index (χ3n) is 11.8. The van der Waals surface area contributed by atoms with Crippen LogP contribution in [0.1, 0.15) is 61.7 Å². The number of hydrogen-bond donors (Lipinski definition) is 1. The number of fused-ring (bicyclic) bond motifs is 1. The van der Waals surface area contributed by atoms with E-state index in [4.69, 9.17) is 4.74 Å². The normalized spacial score (nSPS) is 31.3. The number of rotatable bonds is 8. The number of anilines is 2. The SMILES string of the molecule is O=C(NS(=O)(=O)c1cccc(N(C2CCOCC2)[N+](=O)[O-])c1)c1ccc(N2C[C@H]3CN(C(=O)C45CC6CC(CC(C6)C4)C5)C[C@H]32)cc1. The molecule has 0 unspecified atom stereocenters. The van der Waals surface area contributed by atoms with E-state index in [-0.39, 0.29) is 27.6 Å². The second kappa shape index (κ2) is 11.5. The van der Waals surface area contributed by atoms with Crippen LogP contribution in [0.15, 0.2) is 53.4 Å². The molecular weight excluding hydrogens is 622 g/mol. The summed E-state index contributed by atoms with van der Waals surface area (Å²) in [6, 6.07) is 12.1. The molecule has 7 aliphatic rings. The lowest BCUT2D eigenvalue weighted by molar-refractivity contribution is -0.501. The maximum Gasteiger partial charge on any atom is 0.264 e. The topological polar surface area (TPSA) is 142 Å². The molecule has 9 rings (SSSR count). The van der Waals surface area contributed by atoms with Crippen molar-refractivity contribution in [3.8, 4) is 0 Å². The molecule has 2 amide bonds. The second-order valence-electron chi connectivity index (χ2n) is 14.8. The lowest BCUT2D eigenvalue weighted by Gasteiger charge is -2.56. The van der Waals surface area contributed by atoms with Gasteiger partial charge >= 0.3 is 0 Å². The fourth-order valence-electron chi connectivity index (χ4n) is 10.0. The summed E-state index contributed by atoms with van der Waals surface area (Å²) in [5.74, 6) is 2.25. The Morgan fingerprint density at radius 3 is 2.23 bits per heavy atom. The molecule has 3 heterocycles. The summed E-state index contributed by atoms with van der Waals surface area (Å²) in [4.78, 5) is 43.1. The van der Waals surface area contributed by atoms with E-state index in [2.05, 4.69) is 14.5 Å². The summed E-state index contributed by atoms with van der Waals surface area (Å²) in [6.45, 7) is 3.17. The summed E-state index contributed by atoms with van der Waals surface area (Å²) in [6.07, 6.45) is 8.07. The molecule has 3 saturated heterocycles. The number of ether oxygens (including phenoxy) is 1.